The zero-order valence-corrected chi connectivity index (χ0v) is 10.5. The Morgan fingerprint density at radius 1 is 1.00 bits per heavy atom. The zero-order valence-electron chi connectivity index (χ0n) is 10.5. The van der Waals surface area contributed by atoms with Gasteiger partial charge in [0, 0.05) is 17.3 Å². The molecule has 0 saturated carbocycles. The normalized spacial score (nSPS) is 10.5. The summed E-state index contributed by atoms with van der Waals surface area (Å²) in [6.45, 7) is -0.569. The van der Waals surface area contributed by atoms with Gasteiger partial charge in [-0.3, -0.25) is 0 Å². The van der Waals surface area contributed by atoms with Crippen molar-refractivity contribution in [3.05, 3.63) is 64.7 Å². The number of hydrogen-bond donors (Lipinski definition) is 1. The second-order valence-corrected chi connectivity index (χ2v) is 4.17. The summed E-state index contributed by atoms with van der Waals surface area (Å²) in [7, 11) is 0. The fourth-order valence-corrected chi connectivity index (χ4v) is 1.61. The van der Waals surface area contributed by atoms with Crippen LogP contribution in [0.5, 0.6) is 0 Å². The molecule has 2 rings (SSSR count). The largest absolute Gasteiger partial charge is 0.457 e. The zero-order chi connectivity index (χ0) is 15.6. The maximum atomic E-state index is 13.3. The van der Waals surface area contributed by atoms with E-state index < -0.39 is 41.4 Å². The first-order valence-electron chi connectivity index (χ1n) is 5.74. The van der Waals surface area contributed by atoms with Gasteiger partial charge >= 0.3 is 5.97 Å². The van der Waals surface area contributed by atoms with Crippen molar-refractivity contribution < 1.29 is 27.1 Å². The van der Waals surface area contributed by atoms with E-state index in [0.29, 0.717) is 12.1 Å². The number of ether oxygens (including phenoxy) is 1. The molecule has 0 atom stereocenters. The van der Waals surface area contributed by atoms with Crippen molar-refractivity contribution in [1.82, 2.24) is 0 Å². The van der Waals surface area contributed by atoms with Crippen LogP contribution < -0.4 is 5.73 Å². The Hall–Kier alpha value is -2.57. The Bertz CT molecular complexity index is 704. The fourth-order valence-electron chi connectivity index (χ4n) is 1.61. The lowest BCUT2D eigenvalue weighted by atomic mass is 10.1. The minimum absolute atomic E-state index is 0.190. The minimum atomic E-state index is -1.27. The van der Waals surface area contributed by atoms with Gasteiger partial charge < -0.3 is 10.5 Å². The Kier molecular flexibility index (Phi) is 4.11. The van der Waals surface area contributed by atoms with Gasteiger partial charge in [0.15, 0.2) is 11.6 Å². The molecule has 0 fully saturated rings. The van der Waals surface area contributed by atoms with Gasteiger partial charge in [0.2, 0.25) is 0 Å². The number of halogens is 4. The van der Waals surface area contributed by atoms with Crippen molar-refractivity contribution in [1.29, 1.82) is 0 Å². The van der Waals surface area contributed by atoms with Crippen molar-refractivity contribution in [2.45, 2.75) is 6.61 Å². The average molecular weight is 299 g/mol. The molecule has 110 valence electrons. The molecule has 0 spiro atoms. The molecular weight excluding hydrogens is 290 g/mol. The summed E-state index contributed by atoms with van der Waals surface area (Å²) in [5, 5.41) is 0. The lowest BCUT2D eigenvalue weighted by Gasteiger charge is -2.08. The van der Waals surface area contributed by atoms with E-state index in [1.54, 1.807) is 0 Å². The van der Waals surface area contributed by atoms with Gasteiger partial charge in [-0.1, -0.05) is 0 Å². The van der Waals surface area contributed by atoms with Gasteiger partial charge in [0.25, 0.3) is 0 Å². The number of rotatable bonds is 3. The molecule has 2 aromatic carbocycles. The van der Waals surface area contributed by atoms with Crippen LogP contribution in [0.1, 0.15) is 15.9 Å². The lowest BCUT2D eigenvalue weighted by Crippen LogP contribution is -2.10. The molecule has 0 radical (unpaired) electrons. The first-order valence-corrected chi connectivity index (χ1v) is 5.74. The van der Waals surface area contributed by atoms with Crippen LogP contribution in [0.3, 0.4) is 0 Å². The van der Waals surface area contributed by atoms with E-state index in [4.69, 9.17) is 10.5 Å². The molecule has 2 aromatic rings. The molecule has 2 N–H and O–H groups in total. The summed E-state index contributed by atoms with van der Waals surface area (Å²) in [4.78, 5) is 11.7. The van der Waals surface area contributed by atoms with Crippen LogP contribution in [0, 0.1) is 23.3 Å². The molecule has 0 aromatic heterocycles. The molecule has 0 unspecified atom stereocenters. The molecular formula is C14H9F4NO2. The van der Waals surface area contributed by atoms with Gasteiger partial charge in [0.05, 0.1) is 5.56 Å². The number of nitrogen functional groups attached to an aromatic ring is 1. The molecule has 3 nitrogen and oxygen atoms in total. The monoisotopic (exact) mass is 299 g/mol. The third-order valence-electron chi connectivity index (χ3n) is 2.68. The predicted molar refractivity (Wildman–Crippen MR) is 66.2 cm³/mol. The minimum Gasteiger partial charge on any atom is -0.457 e. The molecule has 0 bridgehead atoms. The molecule has 7 heteroatoms. The summed E-state index contributed by atoms with van der Waals surface area (Å²) >= 11 is 0. The molecule has 0 aliphatic carbocycles. The van der Waals surface area contributed by atoms with E-state index in [1.165, 1.54) is 0 Å². The van der Waals surface area contributed by atoms with E-state index in [0.717, 1.165) is 18.2 Å². The number of anilines is 1. The van der Waals surface area contributed by atoms with Crippen LogP contribution in [0.15, 0.2) is 30.3 Å². The Morgan fingerprint density at radius 2 is 1.67 bits per heavy atom. The molecule has 0 amide bonds. The van der Waals surface area contributed by atoms with Gasteiger partial charge in [-0.2, -0.15) is 0 Å². The SMILES string of the molecule is Nc1cc(F)c(F)cc1C(=O)OCc1cc(F)ccc1F. The van der Waals surface area contributed by atoms with E-state index in [9.17, 15) is 22.4 Å². The molecule has 21 heavy (non-hydrogen) atoms. The second-order valence-electron chi connectivity index (χ2n) is 4.17. The van der Waals surface area contributed by atoms with Crippen LogP contribution in [0.2, 0.25) is 0 Å². The average Bonchev–Trinajstić information content (AvgIpc) is 2.43. The summed E-state index contributed by atoms with van der Waals surface area (Å²) in [5.41, 5.74) is 4.46. The maximum Gasteiger partial charge on any atom is 0.340 e. The number of nitrogens with two attached hydrogens (primary N) is 1. The summed E-state index contributed by atoms with van der Waals surface area (Å²) < 4.78 is 56.9. The Labute approximate surface area is 116 Å². The first-order chi connectivity index (χ1) is 9.88. The van der Waals surface area contributed by atoms with Crippen LogP contribution >= 0.6 is 0 Å². The lowest BCUT2D eigenvalue weighted by molar-refractivity contribution is 0.0469. The van der Waals surface area contributed by atoms with E-state index in [1.807, 2.05) is 0 Å². The van der Waals surface area contributed by atoms with Crippen molar-refractivity contribution >= 4 is 11.7 Å². The van der Waals surface area contributed by atoms with Gasteiger partial charge in [-0.25, -0.2) is 22.4 Å². The number of carbonyl (C=O) groups is 1. The van der Waals surface area contributed by atoms with E-state index in [2.05, 4.69) is 0 Å². The van der Waals surface area contributed by atoms with Gasteiger partial charge in [-0.05, 0) is 24.3 Å². The van der Waals surface area contributed by atoms with Crippen molar-refractivity contribution in [3.63, 3.8) is 0 Å². The molecule has 0 aliphatic rings. The van der Waals surface area contributed by atoms with Crippen molar-refractivity contribution in [2.24, 2.45) is 0 Å². The van der Waals surface area contributed by atoms with Crippen LogP contribution in [0.25, 0.3) is 0 Å². The van der Waals surface area contributed by atoms with E-state index in [-0.39, 0.29) is 11.3 Å². The summed E-state index contributed by atoms with van der Waals surface area (Å²) in [5.74, 6) is -5.01. The van der Waals surface area contributed by atoms with Crippen LogP contribution in [-0.4, -0.2) is 5.97 Å². The maximum absolute atomic E-state index is 13.3. The highest BCUT2D eigenvalue weighted by molar-refractivity contribution is 5.95. The Balaban J connectivity index is 2.15. The van der Waals surface area contributed by atoms with Crippen molar-refractivity contribution in [3.8, 4) is 0 Å². The molecule has 0 aliphatic heterocycles. The highest BCUT2D eigenvalue weighted by Gasteiger charge is 2.16. The Morgan fingerprint density at radius 3 is 2.38 bits per heavy atom. The predicted octanol–water partition coefficient (Wildman–Crippen LogP) is 3.18. The third kappa shape index (κ3) is 3.31. The van der Waals surface area contributed by atoms with E-state index >= 15 is 0 Å². The van der Waals surface area contributed by atoms with Crippen molar-refractivity contribution in [2.75, 3.05) is 5.73 Å². The number of esters is 1. The van der Waals surface area contributed by atoms with Crippen LogP contribution in [0.4, 0.5) is 23.2 Å². The molecule has 0 saturated heterocycles. The smallest absolute Gasteiger partial charge is 0.340 e. The standard InChI is InChI=1S/C14H9F4NO2/c15-8-1-2-10(16)7(3-8)6-21-14(20)9-4-11(17)12(18)5-13(9)19/h1-5H,6,19H2. The second kappa shape index (κ2) is 5.82. The topological polar surface area (TPSA) is 52.3 Å². The number of carbonyl (C=O) groups excluding carboxylic acids is 1. The summed E-state index contributed by atoms with van der Waals surface area (Å²) in [6, 6.07) is 3.86. The van der Waals surface area contributed by atoms with Crippen LogP contribution in [-0.2, 0) is 11.3 Å². The summed E-state index contributed by atoms with van der Waals surface area (Å²) in [6.07, 6.45) is 0. The highest BCUT2D eigenvalue weighted by Crippen LogP contribution is 2.19. The third-order valence-corrected chi connectivity index (χ3v) is 2.68. The molecule has 0 heterocycles. The number of hydrogen-bond acceptors (Lipinski definition) is 3. The van der Waals surface area contributed by atoms with Gasteiger partial charge in [-0.15, -0.1) is 0 Å². The highest BCUT2D eigenvalue weighted by atomic mass is 19.2. The quantitative estimate of drug-likeness (QED) is 0.538. The fraction of sp³-hybridized carbons (Fsp3) is 0.0714. The first kappa shape index (κ1) is 14.8. The van der Waals surface area contributed by atoms with Gasteiger partial charge in [0.1, 0.15) is 18.2 Å². The number of benzene rings is 2.